The van der Waals surface area contributed by atoms with Gasteiger partial charge in [0, 0.05) is 18.9 Å². The molecule has 1 heterocycles. The maximum atomic E-state index is 15.1. The highest BCUT2D eigenvalue weighted by molar-refractivity contribution is 5.97. The number of nitrogen functional groups attached to an aromatic ring is 1. The van der Waals surface area contributed by atoms with Crippen LogP contribution in [0.1, 0.15) is 53.6 Å². The second-order valence-electron chi connectivity index (χ2n) is 10.6. The average Bonchev–Trinajstić information content (AvgIpc) is 2.99. The van der Waals surface area contributed by atoms with Crippen LogP contribution in [0.25, 0.3) is 10.9 Å². The average molecular weight is 653 g/mol. The van der Waals surface area contributed by atoms with Gasteiger partial charge in [-0.3, -0.25) is 39.2 Å². The van der Waals surface area contributed by atoms with Crippen LogP contribution in [0, 0.1) is 25.2 Å². The molecule has 8 N–H and O–H groups in total. The van der Waals surface area contributed by atoms with E-state index in [-0.39, 0.29) is 55.7 Å². The smallest absolute Gasteiger partial charge is 0.326 e. The van der Waals surface area contributed by atoms with Gasteiger partial charge in [0.05, 0.1) is 35.2 Å². The molecule has 1 aromatic heterocycles. The lowest BCUT2D eigenvalue weighted by Crippen LogP contribution is -2.42. The normalized spacial score (nSPS) is 12.1. The molecule has 3 aromatic rings. The SMILES string of the molecule is C#CN(Cc1cc2c(=O)[nH]c(N)nc2cc1C)c1ccc(C(=O)N[C@@H](CCC(=O)CN[C@H](CCCC(=O)O)C(=O)O)C(=O)O)c(F)c1. The molecule has 0 aliphatic carbocycles. The van der Waals surface area contributed by atoms with Crippen LogP contribution in [-0.2, 0) is 25.7 Å². The number of ketones is 1. The molecule has 0 aliphatic heterocycles. The summed E-state index contributed by atoms with van der Waals surface area (Å²) >= 11 is 0. The van der Waals surface area contributed by atoms with Crippen LogP contribution < -0.4 is 26.8 Å². The summed E-state index contributed by atoms with van der Waals surface area (Å²) in [4.78, 5) is 79.1. The van der Waals surface area contributed by atoms with E-state index in [1.165, 1.54) is 11.0 Å². The van der Waals surface area contributed by atoms with Gasteiger partial charge in [0.2, 0.25) is 5.95 Å². The van der Waals surface area contributed by atoms with Gasteiger partial charge >= 0.3 is 17.9 Å². The molecule has 47 heavy (non-hydrogen) atoms. The number of aliphatic carboxylic acids is 3. The minimum Gasteiger partial charge on any atom is -0.481 e. The van der Waals surface area contributed by atoms with E-state index in [9.17, 15) is 39.0 Å². The summed E-state index contributed by atoms with van der Waals surface area (Å²) < 4.78 is 15.1. The number of aryl methyl sites for hydroxylation is 1. The molecule has 0 radical (unpaired) electrons. The van der Waals surface area contributed by atoms with E-state index in [2.05, 4.69) is 26.6 Å². The summed E-state index contributed by atoms with van der Waals surface area (Å²) in [6, 6.07) is 6.43. The molecule has 2 aromatic carbocycles. The van der Waals surface area contributed by atoms with Gasteiger partial charge in [0.15, 0.2) is 0 Å². The number of carbonyl (C=O) groups is 5. The molecule has 0 saturated heterocycles. The van der Waals surface area contributed by atoms with Gasteiger partial charge in [-0.05, 0) is 67.6 Å². The molecule has 0 spiro atoms. The van der Waals surface area contributed by atoms with E-state index in [1.54, 1.807) is 19.1 Å². The monoisotopic (exact) mass is 652 g/mol. The predicted octanol–water partition coefficient (Wildman–Crippen LogP) is 1.38. The Balaban J connectivity index is 1.64. The zero-order chi connectivity index (χ0) is 34.8. The van der Waals surface area contributed by atoms with Gasteiger partial charge in [-0.15, -0.1) is 0 Å². The number of nitrogens with one attached hydrogen (secondary N) is 3. The number of carboxylic acids is 3. The van der Waals surface area contributed by atoms with Crippen molar-refractivity contribution >= 4 is 52.1 Å². The van der Waals surface area contributed by atoms with Gasteiger partial charge in [-0.1, -0.05) is 6.42 Å². The lowest BCUT2D eigenvalue weighted by molar-refractivity contribution is -0.141. The van der Waals surface area contributed by atoms with Crippen LogP contribution in [0.15, 0.2) is 35.1 Å². The summed E-state index contributed by atoms with van der Waals surface area (Å²) in [6.45, 7) is 1.41. The van der Waals surface area contributed by atoms with Crippen molar-refractivity contribution in [2.45, 2.75) is 57.7 Å². The molecule has 2 atom stereocenters. The number of terminal acetylenes is 1. The van der Waals surface area contributed by atoms with Crippen LogP contribution >= 0.6 is 0 Å². The lowest BCUT2D eigenvalue weighted by atomic mass is 10.0. The number of carboxylic acid groups (broad SMARTS) is 3. The zero-order valence-corrected chi connectivity index (χ0v) is 25.2. The van der Waals surface area contributed by atoms with Crippen molar-refractivity contribution in [3.05, 3.63) is 63.2 Å². The molecule has 3 rings (SSSR count). The fraction of sp³-hybridized carbons (Fsp3) is 0.323. The van der Waals surface area contributed by atoms with Crippen molar-refractivity contribution in [3.8, 4) is 12.5 Å². The molecule has 0 unspecified atom stereocenters. The molecule has 0 aliphatic rings. The second-order valence-corrected chi connectivity index (χ2v) is 10.6. The molecule has 16 heteroatoms. The quantitative estimate of drug-likeness (QED) is 0.0806. The number of aromatic nitrogens is 2. The standard InChI is InChI=1S/C31H33FN6O9/c1-3-38(15-17-12-21-25(11-16(17)2)36-31(33)37-28(21)43)18-7-9-20(22(32)13-18)27(42)35-24(30(46)47)10-8-19(39)14-34-23(29(44)45)5-4-6-26(40)41/h1,7,9,11-13,23-24,34H,4-6,8,10,14-15H2,2H3,(H,35,42)(H,40,41)(H,44,45)(H,46,47)(H3,33,36,37,43)/t23-,24+/m1/s1. The Labute approximate surface area is 267 Å². The molecular formula is C31H33FN6O9. The summed E-state index contributed by atoms with van der Waals surface area (Å²) in [5.74, 6) is -6.48. The molecule has 15 nitrogen and oxygen atoms in total. The fourth-order valence-corrected chi connectivity index (χ4v) is 4.66. The number of benzene rings is 2. The van der Waals surface area contributed by atoms with E-state index < -0.39 is 65.2 Å². The number of hydrogen-bond donors (Lipinski definition) is 7. The first-order chi connectivity index (χ1) is 22.2. The molecule has 0 bridgehead atoms. The van der Waals surface area contributed by atoms with Gasteiger partial charge < -0.3 is 26.4 Å². The number of nitrogens with zero attached hydrogens (tertiary/aromatic N) is 2. The van der Waals surface area contributed by atoms with Gasteiger partial charge in [-0.2, -0.15) is 0 Å². The van der Waals surface area contributed by atoms with Crippen LogP contribution in [0.4, 0.5) is 16.0 Å². The van der Waals surface area contributed by atoms with E-state index in [0.29, 0.717) is 11.1 Å². The Morgan fingerprint density at radius 2 is 1.77 bits per heavy atom. The number of nitrogens with two attached hydrogens (primary N) is 1. The van der Waals surface area contributed by atoms with Crippen LogP contribution in [-0.4, -0.2) is 73.5 Å². The highest BCUT2D eigenvalue weighted by atomic mass is 19.1. The Morgan fingerprint density at radius 3 is 2.38 bits per heavy atom. The highest BCUT2D eigenvalue weighted by Crippen LogP contribution is 2.23. The van der Waals surface area contributed by atoms with Crippen molar-refractivity contribution in [2.75, 3.05) is 17.2 Å². The number of amides is 1. The third-order valence-electron chi connectivity index (χ3n) is 7.22. The molecule has 0 fully saturated rings. The summed E-state index contributed by atoms with van der Waals surface area (Å²) in [6.07, 6.45) is 4.76. The van der Waals surface area contributed by atoms with Crippen molar-refractivity contribution < 1.29 is 43.7 Å². The first-order valence-corrected chi connectivity index (χ1v) is 14.3. The number of rotatable bonds is 17. The minimum atomic E-state index is -1.57. The largest absolute Gasteiger partial charge is 0.481 e. The van der Waals surface area contributed by atoms with E-state index in [1.807, 2.05) is 0 Å². The van der Waals surface area contributed by atoms with Gasteiger partial charge in [-0.25, -0.2) is 14.2 Å². The summed E-state index contributed by atoms with van der Waals surface area (Å²) in [5.41, 5.74) is 6.65. The van der Waals surface area contributed by atoms with Crippen molar-refractivity contribution in [3.63, 3.8) is 0 Å². The number of aromatic amines is 1. The third-order valence-corrected chi connectivity index (χ3v) is 7.22. The summed E-state index contributed by atoms with van der Waals surface area (Å²) in [5, 5.41) is 32.5. The lowest BCUT2D eigenvalue weighted by Gasteiger charge is -2.20. The van der Waals surface area contributed by atoms with Crippen LogP contribution in [0.2, 0.25) is 0 Å². The number of Topliss-reactive ketones (excluding diaryl/α,β-unsaturated/α-hetero) is 1. The van der Waals surface area contributed by atoms with Crippen LogP contribution in [0.3, 0.4) is 0 Å². The molecule has 0 saturated carbocycles. The first-order valence-electron chi connectivity index (χ1n) is 14.3. The van der Waals surface area contributed by atoms with E-state index >= 15 is 4.39 Å². The number of halogens is 1. The number of anilines is 2. The third kappa shape index (κ3) is 9.83. The second kappa shape index (κ2) is 16.0. The molecular weight excluding hydrogens is 619 g/mol. The Morgan fingerprint density at radius 1 is 1.06 bits per heavy atom. The van der Waals surface area contributed by atoms with Crippen LogP contribution in [0.5, 0.6) is 0 Å². The maximum Gasteiger partial charge on any atom is 0.326 e. The Kier molecular flexibility index (Phi) is 12.1. The van der Waals surface area contributed by atoms with Gasteiger partial charge in [0.25, 0.3) is 11.5 Å². The minimum absolute atomic E-state index is 0.0334. The van der Waals surface area contributed by atoms with E-state index in [0.717, 1.165) is 17.7 Å². The number of hydrogen-bond acceptors (Lipinski definition) is 10. The van der Waals surface area contributed by atoms with Crippen molar-refractivity contribution in [2.24, 2.45) is 0 Å². The zero-order valence-electron chi connectivity index (χ0n) is 25.2. The number of fused-ring (bicyclic) bond motifs is 1. The van der Waals surface area contributed by atoms with Crippen molar-refractivity contribution in [1.29, 1.82) is 0 Å². The Bertz CT molecular complexity index is 1800. The number of H-pyrrole nitrogens is 1. The molecule has 1 amide bonds. The fourth-order valence-electron chi connectivity index (χ4n) is 4.66. The number of carbonyl (C=O) groups excluding carboxylic acids is 2. The molecule has 248 valence electrons. The predicted molar refractivity (Wildman–Crippen MR) is 167 cm³/mol. The van der Waals surface area contributed by atoms with E-state index in [4.69, 9.17) is 17.3 Å². The van der Waals surface area contributed by atoms with Gasteiger partial charge in [0.1, 0.15) is 23.7 Å². The first kappa shape index (κ1) is 35.7. The van der Waals surface area contributed by atoms with Crippen molar-refractivity contribution in [1.82, 2.24) is 20.6 Å². The summed E-state index contributed by atoms with van der Waals surface area (Å²) in [7, 11) is 0. The Hall–Kier alpha value is -5.82. The maximum absolute atomic E-state index is 15.1. The topological polar surface area (TPSA) is 245 Å². The highest BCUT2D eigenvalue weighted by Gasteiger charge is 2.25.